The standard InChI is InChI=1S/C16H25ClFN/c1-4-9-19-16(12(5-2)6-3)10-13-7-8-14(18)11-15(13)17/h7-8,11-12,16,19H,4-6,9-10H2,1-3H3. The fourth-order valence-electron chi connectivity index (χ4n) is 2.52. The van der Waals surface area contributed by atoms with Crippen molar-refractivity contribution in [1.29, 1.82) is 0 Å². The Hall–Kier alpha value is -0.600. The first-order valence-electron chi connectivity index (χ1n) is 7.29. The van der Waals surface area contributed by atoms with Crippen LogP contribution in [0, 0.1) is 11.7 Å². The van der Waals surface area contributed by atoms with Crippen LogP contribution in [-0.4, -0.2) is 12.6 Å². The molecule has 1 atom stereocenters. The molecule has 0 fully saturated rings. The summed E-state index contributed by atoms with van der Waals surface area (Å²) in [5.74, 6) is 0.363. The third-order valence-electron chi connectivity index (χ3n) is 3.73. The van der Waals surface area contributed by atoms with Gasteiger partial charge in [-0.05, 0) is 43.0 Å². The Balaban J connectivity index is 2.80. The fraction of sp³-hybridized carbons (Fsp3) is 0.625. The van der Waals surface area contributed by atoms with E-state index >= 15 is 0 Å². The van der Waals surface area contributed by atoms with E-state index in [9.17, 15) is 4.39 Å². The van der Waals surface area contributed by atoms with E-state index < -0.39 is 0 Å². The van der Waals surface area contributed by atoms with Gasteiger partial charge in [-0.3, -0.25) is 0 Å². The predicted molar refractivity (Wildman–Crippen MR) is 81.3 cm³/mol. The average Bonchev–Trinajstić information content (AvgIpc) is 2.39. The van der Waals surface area contributed by atoms with Gasteiger partial charge < -0.3 is 5.32 Å². The van der Waals surface area contributed by atoms with Crippen molar-refractivity contribution in [3.63, 3.8) is 0 Å². The summed E-state index contributed by atoms with van der Waals surface area (Å²) < 4.78 is 13.1. The van der Waals surface area contributed by atoms with E-state index in [-0.39, 0.29) is 5.82 Å². The van der Waals surface area contributed by atoms with Gasteiger partial charge in [-0.2, -0.15) is 0 Å². The van der Waals surface area contributed by atoms with Crippen molar-refractivity contribution in [2.45, 2.75) is 52.5 Å². The maximum absolute atomic E-state index is 13.1. The highest BCUT2D eigenvalue weighted by atomic mass is 35.5. The lowest BCUT2D eigenvalue weighted by Crippen LogP contribution is -2.38. The summed E-state index contributed by atoms with van der Waals surface area (Å²) in [6, 6.07) is 5.12. The summed E-state index contributed by atoms with van der Waals surface area (Å²) in [4.78, 5) is 0. The van der Waals surface area contributed by atoms with E-state index in [0.717, 1.165) is 37.8 Å². The van der Waals surface area contributed by atoms with Crippen molar-refractivity contribution in [3.05, 3.63) is 34.6 Å². The van der Waals surface area contributed by atoms with Gasteiger partial charge >= 0.3 is 0 Å². The third kappa shape index (κ3) is 5.12. The van der Waals surface area contributed by atoms with Gasteiger partial charge in [-0.15, -0.1) is 0 Å². The molecule has 0 aliphatic rings. The van der Waals surface area contributed by atoms with Crippen molar-refractivity contribution >= 4 is 11.6 Å². The molecule has 0 amide bonds. The van der Waals surface area contributed by atoms with Crippen LogP contribution in [0.15, 0.2) is 18.2 Å². The monoisotopic (exact) mass is 285 g/mol. The predicted octanol–water partition coefficient (Wildman–Crippen LogP) is 4.83. The normalized spacial score (nSPS) is 12.9. The lowest BCUT2D eigenvalue weighted by molar-refractivity contribution is 0.332. The van der Waals surface area contributed by atoms with Gasteiger partial charge in [-0.25, -0.2) is 4.39 Å². The first kappa shape index (κ1) is 16.5. The zero-order valence-corrected chi connectivity index (χ0v) is 12.9. The van der Waals surface area contributed by atoms with Gasteiger partial charge in [0.2, 0.25) is 0 Å². The fourth-order valence-corrected chi connectivity index (χ4v) is 2.76. The number of benzene rings is 1. The molecule has 0 aromatic heterocycles. The summed E-state index contributed by atoms with van der Waals surface area (Å²) in [5, 5.41) is 4.15. The van der Waals surface area contributed by atoms with E-state index in [1.165, 1.54) is 12.1 Å². The molecule has 1 nitrogen and oxygen atoms in total. The van der Waals surface area contributed by atoms with Crippen molar-refractivity contribution in [2.75, 3.05) is 6.54 Å². The molecule has 0 aliphatic heterocycles. The van der Waals surface area contributed by atoms with Crippen LogP contribution in [0.25, 0.3) is 0 Å². The molecule has 0 radical (unpaired) electrons. The Kier molecular flexibility index (Phi) is 7.40. The molecule has 0 saturated heterocycles. The number of rotatable bonds is 8. The smallest absolute Gasteiger partial charge is 0.124 e. The highest BCUT2D eigenvalue weighted by molar-refractivity contribution is 6.31. The topological polar surface area (TPSA) is 12.0 Å². The summed E-state index contributed by atoms with van der Waals surface area (Å²) >= 11 is 6.13. The minimum atomic E-state index is -0.269. The van der Waals surface area contributed by atoms with Gasteiger partial charge in [0.25, 0.3) is 0 Å². The summed E-state index contributed by atoms with van der Waals surface area (Å²) in [7, 11) is 0. The van der Waals surface area contributed by atoms with Crippen LogP contribution in [-0.2, 0) is 6.42 Å². The summed E-state index contributed by atoms with van der Waals surface area (Å²) in [6.45, 7) is 7.63. The molecule has 108 valence electrons. The van der Waals surface area contributed by atoms with Gasteiger partial charge in [0, 0.05) is 11.1 Å². The largest absolute Gasteiger partial charge is 0.313 e. The molecule has 0 aliphatic carbocycles. The molecule has 0 spiro atoms. The third-order valence-corrected chi connectivity index (χ3v) is 4.08. The lowest BCUT2D eigenvalue weighted by atomic mass is 9.89. The quantitative estimate of drug-likeness (QED) is 0.722. The molecular weight excluding hydrogens is 261 g/mol. The van der Waals surface area contributed by atoms with E-state index in [4.69, 9.17) is 11.6 Å². The van der Waals surface area contributed by atoms with E-state index in [2.05, 4.69) is 26.1 Å². The summed E-state index contributed by atoms with van der Waals surface area (Å²) in [6.07, 6.45) is 4.28. The molecule has 0 saturated carbocycles. The number of halogens is 2. The highest BCUT2D eigenvalue weighted by Gasteiger charge is 2.19. The number of hydrogen-bond donors (Lipinski definition) is 1. The maximum Gasteiger partial charge on any atom is 0.124 e. The minimum Gasteiger partial charge on any atom is -0.313 e. The first-order chi connectivity index (χ1) is 9.12. The number of hydrogen-bond acceptors (Lipinski definition) is 1. The van der Waals surface area contributed by atoms with Crippen LogP contribution in [0.4, 0.5) is 4.39 Å². The Bertz CT molecular complexity index is 377. The Morgan fingerprint density at radius 1 is 1.21 bits per heavy atom. The lowest BCUT2D eigenvalue weighted by Gasteiger charge is -2.27. The van der Waals surface area contributed by atoms with Crippen molar-refractivity contribution in [2.24, 2.45) is 5.92 Å². The summed E-state index contributed by atoms with van der Waals surface area (Å²) in [5.41, 5.74) is 1.03. The van der Waals surface area contributed by atoms with Gasteiger partial charge in [0.15, 0.2) is 0 Å². The SMILES string of the molecule is CCCNC(Cc1ccc(F)cc1Cl)C(CC)CC. The van der Waals surface area contributed by atoms with Crippen LogP contribution in [0.2, 0.25) is 5.02 Å². The Morgan fingerprint density at radius 3 is 2.42 bits per heavy atom. The molecule has 0 bridgehead atoms. The van der Waals surface area contributed by atoms with Crippen LogP contribution >= 0.6 is 11.6 Å². The van der Waals surface area contributed by atoms with Crippen molar-refractivity contribution in [1.82, 2.24) is 5.32 Å². The van der Waals surface area contributed by atoms with Crippen molar-refractivity contribution < 1.29 is 4.39 Å². The van der Waals surface area contributed by atoms with Gasteiger partial charge in [0.1, 0.15) is 5.82 Å². The molecule has 1 rings (SSSR count). The van der Waals surface area contributed by atoms with Gasteiger partial charge in [-0.1, -0.05) is 51.3 Å². The van der Waals surface area contributed by atoms with Crippen LogP contribution < -0.4 is 5.32 Å². The molecular formula is C16H25ClFN. The second-order valence-electron chi connectivity index (χ2n) is 5.08. The molecule has 19 heavy (non-hydrogen) atoms. The zero-order chi connectivity index (χ0) is 14.3. The van der Waals surface area contributed by atoms with Crippen LogP contribution in [0.3, 0.4) is 0 Å². The highest BCUT2D eigenvalue weighted by Crippen LogP contribution is 2.23. The van der Waals surface area contributed by atoms with Gasteiger partial charge in [0.05, 0.1) is 0 Å². The van der Waals surface area contributed by atoms with Crippen LogP contribution in [0.5, 0.6) is 0 Å². The first-order valence-corrected chi connectivity index (χ1v) is 7.67. The second-order valence-corrected chi connectivity index (χ2v) is 5.48. The molecule has 1 unspecified atom stereocenters. The number of nitrogens with one attached hydrogen (secondary N) is 1. The van der Waals surface area contributed by atoms with Crippen LogP contribution in [0.1, 0.15) is 45.6 Å². The Labute approximate surface area is 121 Å². The molecule has 1 aromatic carbocycles. The molecule has 0 heterocycles. The maximum atomic E-state index is 13.1. The molecule has 3 heteroatoms. The van der Waals surface area contributed by atoms with E-state index in [1.54, 1.807) is 6.07 Å². The Morgan fingerprint density at radius 2 is 1.89 bits per heavy atom. The average molecular weight is 286 g/mol. The van der Waals surface area contributed by atoms with E-state index in [1.807, 2.05) is 0 Å². The molecule has 1 aromatic rings. The van der Waals surface area contributed by atoms with E-state index in [0.29, 0.717) is 17.0 Å². The zero-order valence-electron chi connectivity index (χ0n) is 12.2. The molecule has 1 N–H and O–H groups in total. The van der Waals surface area contributed by atoms with Crippen molar-refractivity contribution in [3.8, 4) is 0 Å². The minimum absolute atomic E-state index is 0.269. The second kappa shape index (κ2) is 8.55.